The molecule has 0 amide bonds. The molecule has 0 unspecified atom stereocenters. The van der Waals surface area contributed by atoms with Gasteiger partial charge in [0.05, 0.1) is 11.6 Å². The summed E-state index contributed by atoms with van der Waals surface area (Å²) >= 11 is 1.57. The van der Waals surface area contributed by atoms with Crippen LogP contribution in [0.5, 0.6) is 0 Å². The van der Waals surface area contributed by atoms with E-state index >= 15 is 0 Å². The van der Waals surface area contributed by atoms with Crippen LogP contribution in [0.2, 0.25) is 0 Å². The van der Waals surface area contributed by atoms with Crippen molar-refractivity contribution in [3.63, 3.8) is 0 Å². The van der Waals surface area contributed by atoms with Crippen molar-refractivity contribution >= 4 is 11.3 Å². The van der Waals surface area contributed by atoms with Gasteiger partial charge in [-0.05, 0) is 0 Å². The van der Waals surface area contributed by atoms with Gasteiger partial charge in [0, 0.05) is 23.0 Å². The number of alkyl halides is 2. The fraction of sp³-hybridized carbons (Fsp3) is 0.700. The Morgan fingerprint density at radius 2 is 2.13 bits per heavy atom. The molecule has 0 saturated carbocycles. The standard InChI is InChI=1S/C10H16F2N2S/c1-10(2,3)9-14-5-7(15-9)4-13-6-8(11)12/h5,8,13H,4,6H2,1-3H3. The molecule has 1 heterocycles. The van der Waals surface area contributed by atoms with Crippen LogP contribution in [0.1, 0.15) is 30.7 Å². The number of rotatable bonds is 4. The van der Waals surface area contributed by atoms with Crippen molar-refractivity contribution in [2.75, 3.05) is 6.54 Å². The highest BCUT2D eigenvalue weighted by molar-refractivity contribution is 7.11. The van der Waals surface area contributed by atoms with Crippen molar-refractivity contribution < 1.29 is 8.78 Å². The Bertz CT molecular complexity index is 305. The molecule has 0 aliphatic heterocycles. The summed E-state index contributed by atoms with van der Waals surface area (Å²) < 4.78 is 23.7. The molecule has 0 saturated heterocycles. The van der Waals surface area contributed by atoms with Gasteiger partial charge in [-0.3, -0.25) is 0 Å². The van der Waals surface area contributed by atoms with Gasteiger partial charge in [-0.25, -0.2) is 13.8 Å². The molecule has 0 fully saturated rings. The molecular weight excluding hydrogens is 218 g/mol. The van der Waals surface area contributed by atoms with E-state index < -0.39 is 6.43 Å². The zero-order chi connectivity index (χ0) is 11.5. The summed E-state index contributed by atoms with van der Waals surface area (Å²) in [5, 5.41) is 3.72. The number of thiazole rings is 1. The summed E-state index contributed by atoms with van der Waals surface area (Å²) in [4.78, 5) is 5.28. The molecule has 2 nitrogen and oxygen atoms in total. The van der Waals surface area contributed by atoms with Gasteiger partial charge in [0.1, 0.15) is 0 Å². The topological polar surface area (TPSA) is 24.9 Å². The van der Waals surface area contributed by atoms with Crippen molar-refractivity contribution in [3.8, 4) is 0 Å². The van der Waals surface area contributed by atoms with Crippen LogP contribution in [0.25, 0.3) is 0 Å². The van der Waals surface area contributed by atoms with E-state index in [9.17, 15) is 8.78 Å². The first-order chi connectivity index (χ1) is 6.89. The molecule has 0 bridgehead atoms. The lowest BCUT2D eigenvalue weighted by molar-refractivity contribution is 0.145. The normalized spacial score (nSPS) is 12.4. The first kappa shape index (κ1) is 12.5. The van der Waals surface area contributed by atoms with Crippen LogP contribution in [0, 0.1) is 0 Å². The first-order valence-corrected chi connectivity index (χ1v) is 5.65. The van der Waals surface area contributed by atoms with Crippen molar-refractivity contribution in [3.05, 3.63) is 16.1 Å². The maximum Gasteiger partial charge on any atom is 0.250 e. The van der Waals surface area contributed by atoms with Gasteiger partial charge in [0.15, 0.2) is 0 Å². The minimum absolute atomic E-state index is 0.0334. The molecule has 0 aliphatic carbocycles. The molecule has 15 heavy (non-hydrogen) atoms. The van der Waals surface area contributed by atoms with E-state index in [1.807, 2.05) is 0 Å². The van der Waals surface area contributed by atoms with Crippen LogP contribution in [0.3, 0.4) is 0 Å². The maximum atomic E-state index is 11.9. The van der Waals surface area contributed by atoms with E-state index in [1.165, 1.54) is 0 Å². The predicted molar refractivity (Wildman–Crippen MR) is 58.5 cm³/mol. The van der Waals surface area contributed by atoms with Crippen molar-refractivity contribution in [1.29, 1.82) is 0 Å². The molecule has 1 aromatic rings. The van der Waals surface area contributed by atoms with E-state index in [0.29, 0.717) is 6.54 Å². The lowest BCUT2D eigenvalue weighted by Crippen LogP contribution is -2.19. The number of nitrogens with one attached hydrogen (secondary N) is 1. The number of hydrogen-bond donors (Lipinski definition) is 1. The minimum atomic E-state index is -2.29. The molecule has 0 aromatic carbocycles. The van der Waals surface area contributed by atoms with Gasteiger partial charge in [0.25, 0.3) is 6.43 Å². The highest BCUT2D eigenvalue weighted by atomic mass is 32.1. The largest absolute Gasteiger partial charge is 0.306 e. The number of halogens is 2. The zero-order valence-electron chi connectivity index (χ0n) is 9.18. The maximum absolute atomic E-state index is 11.9. The highest BCUT2D eigenvalue weighted by Gasteiger charge is 2.17. The highest BCUT2D eigenvalue weighted by Crippen LogP contribution is 2.26. The molecule has 0 atom stereocenters. The van der Waals surface area contributed by atoms with Crippen LogP contribution in [-0.2, 0) is 12.0 Å². The third-order valence-corrected chi connectivity index (χ3v) is 3.22. The average molecular weight is 234 g/mol. The second kappa shape index (κ2) is 4.99. The van der Waals surface area contributed by atoms with Crippen molar-refractivity contribution in [1.82, 2.24) is 10.3 Å². The van der Waals surface area contributed by atoms with E-state index in [4.69, 9.17) is 0 Å². The minimum Gasteiger partial charge on any atom is -0.306 e. The Labute approximate surface area is 92.7 Å². The van der Waals surface area contributed by atoms with Crippen LogP contribution >= 0.6 is 11.3 Å². The first-order valence-electron chi connectivity index (χ1n) is 4.83. The summed E-state index contributed by atoms with van der Waals surface area (Å²) in [5.74, 6) is 0. The zero-order valence-corrected chi connectivity index (χ0v) is 10.00. The van der Waals surface area contributed by atoms with E-state index in [-0.39, 0.29) is 12.0 Å². The van der Waals surface area contributed by atoms with Gasteiger partial charge in [-0.2, -0.15) is 0 Å². The Balaban J connectivity index is 2.47. The van der Waals surface area contributed by atoms with E-state index in [0.717, 1.165) is 9.88 Å². The summed E-state index contributed by atoms with van der Waals surface area (Å²) in [6.45, 7) is 6.47. The van der Waals surface area contributed by atoms with Crippen LogP contribution < -0.4 is 5.32 Å². The van der Waals surface area contributed by atoms with Gasteiger partial charge < -0.3 is 5.32 Å². The SMILES string of the molecule is CC(C)(C)c1ncc(CNCC(F)F)s1. The quantitative estimate of drug-likeness (QED) is 0.866. The molecule has 1 rings (SSSR count). The Morgan fingerprint density at radius 3 is 2.60 bits per heavy atom. The van der Waals surface area contributed by atoms with Gasteiger partial charge in [-0.1, -0.05) is 20.8 Å². The molecule has 5 heteroatoms. The second-order valence-corrected chi connectivity index (χ2v) is 5.52. The number of nitrogens with zero attached hydrogens (tertiary/aromatic N) is 1. The van der Waals surface area contributed by atoms with E-state index in [1.54, 1.807) is 17.5 Å². The summed E-state index contributed by atoms with van der Waals surface area (Å²) in [7, 11) is 0. The molecule has 0 spiro atoms. The Morgan fingerprint density at radius 1 is 1.47 bits per heavy atom. The fourth-order valence-corrected chi connectivity index (χ4v) is 1.98. The van der Waals surface area contributed by atoms with Gasteiger partial charge in [0.2, 0.25) is 0 Å². The second-order valence-electron chi connectivity index (χ2n) is 4.40. The Kier molecular flexibility index (Phi) is 4.16. The van der Waals surface area contributed by atoms with Crippen molar-refractivity contribution in [2.45, 2.75) is 39.2 Å². The molecule has 0 aliphatic rings. The van der Waals surface area contributed by atoms with Crippen LogP contribution in [-0.4, -0.2) is 18.0 Å². The monoisotopic (exact) mass is 234 g/mol. The molecule has 1 N–H and O–H groups in total. The summed E-state index contributed by atoms with van der Waals surface area (Å²) in [6, 6.07) is 0. The lowest BCUT2D eigenvalue weighted by Gasteiger charge is -2.13. The molecule has 0 radical (unpaired) electrons. The number of hydrogen-bond acceptors (Lipinski definition) is 3. The number of aromatic nitrogens is 1. The van der Waals surface area contributed by atoms with Crippen molar-refractivity contribution in [2.24, 2.45) is 0 Å². The average Bonchev–Trinajstić information content (AvgIpc) is 2.51. The van der Waals surface area contributed by atoms with Gasteiger partial charge in [-0.15, -0.1) is 11.3 Å². The molecule has 86 valence electrons. The Hall–Kier alpha value is -0.550. The van der Waals surface area contributed by atoms with Crippen LogP contribution in [0.15, 0.2) is 6.20 Å². The van der Waals surface area contributed by atoms with Crippen LogP contribution in [0.4, 0.5) is 8.78 Å². The summed E-state index contributed by atoms with van der Waals surface area (Å²) in [6.07, 6.45) is -0.538. The molecule has 1 aromatic heterocycles. The third-order valence-electron chi connectivity index (χ3n) is 1.79. The lowest BCUT2D eigenvalue weighted by atomic mass is 9.98. The summed E-state index contributed by atoms with van der Waals surface area (Å²) in [5.41, 5.74) is 0.0334. The van der Waals surface area contributed by atoms with Gasteiger partial charge >= 0.3 is 0 Å². The fourth-order valence-electron chi connectivity index (χ4n) is 1.04. The third kappa shape index (κ3) is 4.22. The smallest absolute Gasteiger partial charge is 0.250 e. The van der Waals surface area contributed by atoms with E-state index in [2.05, 4.69) is 31.1 Å². The molecular formula is C10H16F2N2S. The predicted octanol–water partition coefficient (Wildman–Crippen LogP) is 2.80.